The highest BCUT2D eigenvalue weighted by molar-refractivity contribution is 7.54. The molecule has 10 heteroatoms. The largest absolute Gasteiger partial charge is 0.416 e. The second kappa shape index (κ2) is 12.9. The van der Waals surface area contributed by atoms with Gasteiger partial charge < -0.3 is 27.7 Å². The van der Waals surface area contributed by atoms with Gasteiger partial charge in [-0.25, -0.2) is 0 Å². The second-order valence-electron chi connectivity index (χ2n) is 10.0. The molecule has 1 aliphatic rings. The van der Waals surface area contributed by atoms with Crippen LogP contribution in [0.15, 0.2) is 0 Å². The number of hydrogen-bond acceptors (Lipinski definition) is 8. The van der Waals surface area contributed by atoms with Crippen molar-refractivity contribution in [3.8, 4) is 0 Å². The summed E-state index contributed by atoms with van der Waals surface area (Å²) in [5.74, 6) is -0.234. The molecule has 0 radical (unpaired) electrons. The van der Waals surface area contributed by atoms with Gasteiger partial charge in [-0.05, 0) is 37.9 Å². The Morgan fingerprint density at radius 1 is 1.16 bits per heavy atom. The summed E-state index contributed by atoms with van der Waals surface area (Å²) < 4.78 is 40.8. The molecular weight excluding hydrogens is 451 g/mol. The SMILES string of the molecule is COP(=O)(CC(=O)C[C@@H]1OCC[C@H](OCCCC(C)=O)[C@H]1CO[Si](C)(C)C(C)(C)C)OC. The van der Waals surface area contributed by atoms with Crippen LogP contribution < -0.4 is 0 Å². The van der Waals surface area contributed by atoms with Gasteiger partial charge in [-0.15, -0.1) is 0 Å². The van der Waals surface area contributed by atoms with E-state index >= 15 is 0 Å². The van der Waals surface area contributed by atoms with Crippen molar-refractivity contribution in [2.75, 3.05) is 40.2 Å². The molecule has 1 rings (SSSR count). The maximum absolute atomic E-state index is 12.7. The van der Waals surface area contributed by atoms with Gasteiger partial charge in [0.2, 0.25) is 0 Å². The van der Waals surface area contributed by atoms with Crippen molar-refractivity contribution in [1.82, 2.24) is 0 Å². The van der Waals surface area contributed by atoms with Gasteiger partial charge in [0.25, 0.3) is 0 Å². The van der Waals surface area contributed by atoms with Crippen LogP contribution in [0.5, 0.6) is 0 Å². The molecule has 0 saturated carbocycles. The lowest BCUT2D eigenvalue weighted by Gasteiger charge is -2.42. The molecule has 0 spiro atoms. The zero-order chi connectivity index (χ0) is 24.6. The van der Waals surface area contributed by atoms with Crippen molar-refractivity contribution in [1.29, 1.82) is 0 Å². The quantitative estimate of drug-likeness (QED) is 0.196. The molecule has 1 aliphatic heterocycles. The number of carbonyl (C=O) groups is 2. The number of hydrogen-bond donors (Lipinski definition) is 0. The van der Waals surface area contributed by atoms with Gasteiger partial charge in [-0.2, -0.15) is 0 Å². The van der Waals surface area contributed by atoms with Crippen molar-refractivity contribution >= 4 is 27.5 Å². The first-order valence-electron chi connectivity index (χ1n) is 11.3. The zero-order valence-corrected chi connectivity index (χ0v) is 23.0. The minimum absolute atomic E-state index is 0.0508. The Hall–Kier alpha value is -0.413. The molecule has 0 aromatic carbocycles. The summed E-state index contributed by atoms with van der Waals surface area (Å²) in [6.07, 6.45) is 1.12. The summed E-state index contributed by atoms with van der Waals surface area (Å²) in [6.45, 7) is 13.9. The molecule has 188 valence electrons. The van der Waals surface area contributed by atoms with Gasteiger partial charge in [0.15, 0.2) is 8.32 Å². The average molecular weight is 495 g/mol. The van der Waals surface area contributed by atoms with Crippen LogP contribution in [0.1, 0.15) is 53.4 Å². The molecule has 0 aromatic heterocycles. The Balaban J connectivity index is 2.92. The van der Waals surface area contributed by atoms with Gasteiger partial charge in [-0.3, -0.25) is 9.36 Å². The molecule has 3 atom stereocenters. The standard InChI is InChI=1S/C22H43O8PSi/c1-17(23)10-9-12-28-20-11-13-29-21(14-18(24)16-31(25,26-5)27-6)19(20)15-30-32(7,8)22(2,3)4/h19-21H,9-16H2,1-8H3/t19-,20+,21+/m1/s1. The van der Waals surface area contributed by atoms with E-state index in [4.69, 9.17) is 22.9 Å². The Morgan fingerprint density at radius 3 is 2.31 bits per heavy atom. The van der Waals surface area contributed by atoms with Crippen LogP contribution >= 0.6 is 7.60 Å². The molecule has 0 unspecified atom stereocenters. The van der Waals surface area contributed by atoms with Gasteiger partial charge in [0, 0.05) is 52.8 Å². The monoisotopic (exact) mass is 494 g/mol. The lowest BCUT2D eigenvalue weighted by Crippen LogP contribution is -2.49. The van der Waals surface area contributed by atoms with Gasteiger partial charge >= 0.3 is 7.60 Å². The number of ketones is 2. The zero-order valence-electron chi connectivity index (χ0n) is 21.1. The number of carbonyl (C=O) groups excluding carboxylic acids is 2. The first kappa shape index (κ1) is 29.6. The Bertz CT molecular complexity index is 653. The van der Waals surface area contributed by atoms with Crippen LogP contribution in [0.2, 0.25) is 18.1 Å². The van der Waals surface area contributed by atoms with E-state index in [0.717, 1.165) is 0 Å². The fraction of sp³-hybridized carbons (Fsp3) is 0.909. The number of rotatable bonds is 14. The third-order valence-corrected chi connectivity index (χ3v) is 12.8. The van der Waals surface area contributed by atoms with Crippen LogP contribution in [-0.4, -0.2) is 72.3 Å². The van der Waals surface area contributed by atoms with Crippen LogP contribution in [-0.2, 0) is 37.1 Å². The molecule has 0 amide bonds. The lowest BCUT2D eigenvalue weighted by atomic mass is 9.89. The molecule has 8 nitrogen and oxygen atoms in total. The predicted molar refractivity (Wildman–Crippen MR) is 127 cm³/mol. The molecule has 0 aromatic rings. The van der Waals surface area contributed by atoms with Crippen LogP contribution in [0.4, 0.5) is 0 Å². The summed E-state index contributed by atoms with van der Waals surface area (Å²) in [5.41, 5.74) is 0. The Kier molecular flexibility index (Phi) is 11.9. The van der Waals surface area contributed by atoms with E-state index in [0.29, 0.717) is 39.1 Å². The molecule has 1 saturated heterocycles. The Labute approximate surface area is 194 Å². The first-order valence-corrected chi connectivity index (χ1v) is 16.0. The molecular formula is C22H43O8PSi. The highest BCUT2D eigenvalue weighted by Gasteiger charge is 2.42. The van der Waals surface area contributed by atoms with Crippen molar-refractivity contribution < 1.29 is 37.1 Å². The number of Topliss-reactive ketones (excluding diaryl/α,β-unsaturated/α-hetero) is 2. The third-order valence-electron chi connectivity index (χ3n) is 6.49. The molecule has 1 fully saturated rings. The summed E-state index contributed by atoms with van der Waals surface area (Å²) in [7, 11) is -2.90. The van der Waals surface area contributed by atoms with E-state index in [9.17, 15) is 14.2 Å². The molecule has 0 bridgehead atoms. The van der Waals surface area contributed by atoms with E-state index in [1.165, 1.54) is 14.2 Å². The molecule has 1 heterocycles. The van der Waals surface area contributed by atoms with E-state index in [-0.39, 0.29) is 41.2 Å². The maximum atomic E-state index is 12.7. The van der Waals surface area contributed by atoms with Crippen molar-refractivity contribution in [3.63, 3.8) is 0 Å². The van der Waals surface area contributed by atoms with E-state index in [1.54, 1.807) is 6.92 Å². The minimum atomic E-state index is -3.43. The average Bonchev–Trinajstić information content (AvgIpc) is 2.69. The Morgan fingerprint density at radius 2 is 1.78 bits per heavy atom. The topological polar surface area (TPSA) is 97.4 Å². The fourth-order valence-electron chi connectivity index (χ4n) is 3.33. The highest BCUT2D eigenvalue weighted by Crippen LogP contribution is 2.46. The maximum Gasteiger partial charge on any atom is 0.337 e. The van der Waals surface area contributed by atoms with Crippen molar-refractivity contribution in [3.05, 3.63) is 0 Å². The molecule has 0 aliphatic carbocycles. The predicted octanol–water partition coefficient (Wildman–Crippen LogP) is 4.61. The molecule has 0 N–H and O–H groups in total. The van der Waals surface area contributed by atoms with E-state index in [1.807, 2.05) is 0 Å². The van der Waals surface area contributed by atoms with E-state index < -0.39 is 22.0 Å². The van der Waals surface area contributed by atoms with E-state index in [2.05, 4.69) is 33.9 Å². The summed E-state index contributed by atoms with van der Waals surface area (Å²) in [4.78, 5) is 23.9. The van der Waals surface area contributed by atoms with Gasteiger partial charge in [-0.1, -0.05) is 20.8 Å². The van der Waals surface area contributed by atoms with Gasteiger partial charge in [0.05, 0.1) is 12.2 Å². The summed E-state index contributed by atoms with van der Waals surface area (Å²) in [5, 5.41) is 0.0508. The lowest BCUT2D eigenvalue weighted by molar-refractivity contribution is -0.141. The first-order chi connectivity index (χ1) is 14.7. The summed E-state index contributed by atoms with van der Waals surface area (Å²) >= 11 is 0. The van der Waals surface area contributed by atoms with Crippen LogP contribution in [0.25, 0.3) is 0 Å². The second-order valence-corrected chi connectivity index (χ2v) is 17.1. The van der Waals surface area contributed by atoms with Gasteiger partial charge in [0.1, 0.15) is 17.7 Å². The van der Waals surface area contributed by atoms with Crippen LogP contribution in [0.3, 0.4) is 0 Å². The molecule has 32 heavy (non-hydrogen) atoms. The smallest absolute Gasteiger partial charge is 0.337 e. The van der Waals surface area contributed by atoms with Crippen molar-refractivity contribution in [2.45, 2.75) is 83.7 Å². The van der Waals surface area contributed by atoms with Crippen molar-refractivity contribution in [2.24, 2.45) is 5.92 Å². The van der Waals surface area contributed by atoms with Crippen LogP contribution in [0, 0.1) is 5.92 Å². The number of ether oxygens (including phenoxy) is 2. The normalized spacial score (nSPS) is 22.7. The summed E-state index contributed by atoms with van der Waals surface area (Å²) in [6, 6.07) is 0. The highest BCUT2D eigenvalue weighted by atomic mass is 31.2. The minimum Gasteiger partial charge on any atom is -0.416 e. The third kappa shape index (κ3) is 9.45. The fourth-order valence-corrected chi connectivity index (χ4v) is 5.34.